The molecule has 0 aliphatic heterocycles. The average molecular weight is 345 g/mol. The molecular formula is C21H19N3O2. The van der Waals surface area contributed by atoms with Crippen LogP contribution in [0.1, 0.15) is 35.9 Å². The highest BCUT2D eigenvalue weighted by molar-refractivity contribution is 5.96. The van der Waals surface area contributed by atoms with Crippen LogP contribution in [0.25, 0.3) is 21.8 Å². The number of nitrogens with zero attached hydrogens (tertiary/aromatic N) is 3. The summed E-state index contributed by atoms with van der Waals surface area (Å²) in [6.45, 7) is 5.91. The van der Waals surface area contributed by atoms with E-state index < -0.39 is 5.97 Å². The lowest BCUT2D eigenvalue weighted by atomic mass is 10.1. The summed E-state index contributed by atoms with van der Waals surface area (Å²) in [6.07, 6.45) is 1.73. The van der Waals surface area contributed by atoms with Gasteiger partial charge in [-0.1, -0.05) is 30.3 Å². The lowest BCUT2D eigenvalue weighted by molar-refractivity contribution is 0.0734. The third-order valence-electron chi connectivity index (χ3n) is 4.40. The largest absolute Gasteiger partial charge is 0.423 e. The molecule has 5 nitrogen and oxygen atoms in total. The Hall–Kier alpha value is -3.21. The molecule has 0 fully saturated rings. The highest BCUT2D eigenvalue weighted by atomic mass is 16.5. The Balaban J connectivity index is 1.67. The van der Waals surface area contributed by atoms with Crippen LogP contribution in [0.3, 0.4) is 0 Å². The fourth-order valence-corrected chi connectivity index (χ4v) is 3.04. The van der Waals surface area contributed by atoms with Crippen molar-refractivity contribution in [3.8, 4) is 5.75 Å². The van der Waals surface area contributed by atoms with Crippen molar-refractivity contribution in [1.82, 2.24) is 14.8 Å². The van der Waals surface area contributed by atoms with Gasteiger partial charge in [0.1, 0.15) is 5.75 Å². The molecule has 0 spiro atoms. The Bertz CT molecular complexity index is 1130. The van der Waals surface area contributed by atoms with Gasteiger partial charge in [0.25, 0.3) is 0 Å². The Labute approximate surface area is 151 Å². The molecular weight excluding hydrogens is 326 g/mol. The molecule has 0 radical (unpaired) electrons. The lowest BCUT2D eigenvalue weighted by Crippen LogP contribution is -2.12. The van der Waals surface area contributed by atoms with Crippen molar-refractivity contribution in [1.29, 1.82) is 0 Å². The van der Waals surface area contributed by atoms with Crippen LogP contribution in [0.4, 0.5) is 0 Å². The molecule has 4 rings (SSSR count). The second-order valence-electron chi connectivity index (χ2n) is 6.62. The van der Waals surface area contributed by atoms with Crippen LogP contribution in [0.15, 0.2) is 54.7 Å². The smallest absolute Gasteiger partial charge is 0.345 e. The number of aromatic nitrogens is 3. The van der Waals surface area contributed by atoms with E-state index in [0.717, 1.165) is 21.8 Å². The maximum Gasteiger partial charge on any atom is 0.345 e. The van der Waals surface area contributed by atoms with Crippen molar-refractivity contribution in [3.05, 3.63) is 66.0 Å². The SMILES string of the molecule is Cc1nc2c(cnn2C(C)C)cc1C(=O)Oc1ccc2ccccc2c1. The van der Waals surface area contributed by atoms with Gasteiger partial charge in [0.2, 0.25) is 0 Å². The topological polar surface area (TPSA) is 57.0 Å². The monoisotopic (exact) mass is 345 g/mol. The van der Waals surface area contributed by atoms with Crippen LogP contribution < -0.4 is 4.74 Å². The first-order valence-corrected chi connectivity index (χ1v) is 8.59. The fraction of sp³-hybridized carbons (Fsp3) is 0.190. The molecule has 2 aromatic heterocycles. The maximum absolute atomic E-state index is 12.7. The van der Waals surface area contributed by atoms with E-state index in [9.17, 15) is 4.79 Å². The summed E-state index contributed by atoms with van der Waals surface area (Å²) in [4.78, 5) is 17.2. The van der Waals surface area contributed by atoms with Crippen molar-refractivity contribution in [3.63, 3.8) is 0 Å². The summed E-state index contributed by atoms with van der Waals surface area (Å²) in [5.74, 6) is 0.107. The number of esters is 1. The molecule has 5 heteroatoms. The molecule has 26 heavy (non-hydrogen) atoms. The first-order chi connectivity index (χ1) is 12.5. The van der Waals surface area contributed by atoms with Crippen molar-refractivity contribution in [2.24, 2.45) is 0 Å². The number of aryl methyl sites for hydroxylation is 1. The zero-order chi connectivity index (χ0) is 18.3. The average Bonchev–Trinajstić information content (AvgIpc) is 3.03. The van der Waals surface area contributed by atoms with Gasteiger partial charge in [-0.25, -0.2) is 14.5 Å². The number of fused-ring (bicyclic) bond motifs is 2. The number of ether oxygens (including phenoxy) is 1. The van der Waals surface area contributed by atoms with E-state index in [1.54, 1.807) is 18.3 Å². The number of hydrogen-bond acceptors (Lipinski definition) is 4. The molecule has 0 amide bonds. The third-order valence-corrected chi connectivity index (χ3v) is 4.40. The number of rotatable bonds is 3. The summed E-state index contributed by atoms with van der Waals surface area (Å²) in [6, 6.07) is 15.6. The zero-order valence-electron chi connectivity index (χ0n) is 14.9. The Morgan fingerprint density at radius 1 is 1.04 bits per heavy atom. The normalized spacial score (nSPS) is 11.4. The molecule has 0 unspecified atom stereocenters. The highest BCUT2D eigenvalue weighted by Crippen LogP contribution is 2.23. The molecule has 0 saturated carbocycles. The second kappa shape index (κ2) is 6.26. The molecule has 0 bridgehead atoms. The Morgan fingerprint density at radius 2 is 1.81 bits per heavy atom. The minimum absolute atomic E-state index is 0.204. The van der Waals surface area contributed by atoms with E-state index in [1.807, 2.05) is 61.9 Å². The summed E-state index contributed by atoms with van der Waals surface area (Å²) in [5.41, 5.74) is 1.86. The highest BCUT2D eigenvalue weighted by Gasteiger charge is 2.17. The maximum atomic E-state index is 12.7. The number of benzene rings is 2. The Morgan fingerprint density at radius 3 is 2.58 bits per heavy atom. The van der Waals surface area contributed by atoms with Crippen LogP contribution in [0, 0.1) is 6.92 Å². The van der Waals surface area contributed by atoms with E-state index in [-0.39, 0.29) is 6.04 Å². The van der Waals surface area contributed by atoms with Gasteiger partial charge in [0, 0.05) is 11.4 Å². The zero-order valence-corrected chi connectivity index (χ0v) is 14.9. The number of carbonyl (C=O) groups excluding carboxylic acids is 1. The Kier molecular flexibility index (Phi) is 3.92. The molecule has 0 N–H and O–H groups in total. The van der Waals surface area contributed by atoms with Crippen molar-refractivity contribution >= 4 is 27.8 Å². The summed E-state index contributed by atoms with van der Waals surface area (Å²) < 4.78 is 7.43. The molecule has 130 valence electrons. The van der Waals surface area contributed by atoms with E-state index >= 15 is 0 Å². The molecule has 0 atom stereocenters. The van der Waals surface area contributed by atoms with E-state index in [0.29, 0.717) is 17.0 Å². The van der Waals surface area contributed by atoms with Gasteiger partial charge in [0.15, 0.2) is 5.65 Å². The van der Waals surface area contributed by atoms with Gasteiger partial charge in [-0.05, 0) is 49.7 Å². The predicted octanol–water partition coefficient (Wildman–Crippen LogP) is 4.69. The van der Waals surface area contributed by atoms with Gasteiger partial charge in [-0.2, -0.15) is 5.10 Å². The van der Waals surface area contributed by atoms with E-state index in [1.165, 1.54) is 0 Å². The first kappa shape index (κ1) is 16.3. The first-order valence-electron chi connectivity index (χ1n) is 8.59. The van der Waals surface area contributed by atoms with E-state index in [4.69, 9.17) is 4.74 Å². The van der Waals surface area contributed by atoms with Gasteiger partial charge in [-0.15, -0.1) is 0 Å². The summed E-state index contributed by atoms with van der Waals surface area (Å²) in [5, 5.41) is 7.32. The minimum atomic E-state index is -0.413. The molecule has 2 heterocycles. The van der Waals surface area contributed by atoms with Crippen LogP contribution in [0.5, 0.6) is 5.75 Å². The van der Waals surface area contributed by atoms with Gasteiger partial charge in [-0.3, -0.25) is 0 Å². The van der Waals surface area contributed by atoms with Crippen LogP contribution in [0.2, 0.25) is 0 Å². The van der Waals surface area contributed by atoms with Gasteiger partial charge >= 0.3 is 5.97 Å². The molecule has 0 aliphatic rings. The molecule has 0 saturated heterocycles. The quantitative estimate of drug-likeness (QED) is 0.399. The van der Waals surface area contributed by atoms with Crippen molar-refractivity contribution < 1.29 is 9.53 Å². The van der Waals surface area contributed by atoms with E-state index in [2.05, 4.69) is 10.1 Å². The lowest BCUT2D eigenvalue weighted by Gasteiger charge is -2.09. The number of carbonyl (C=O) groups is 1. The number of hydrogen-bond donors (Lipinski definition) is 0. The van der Waals surface area contributed by atoms with Crippen LogP contribution in [-0.4, -0.2) is 20.7 Å². The third kappa shape index (κ3) is 2.81. The minimum Gasteiger partial charge on any atom is -0.423 e. The van der Waals surface area contributed by atoms with Crippen molar-refractivity contribution in [2.45, 2.75) is 26.8 Å². The summed E-state index contributed by atoms with van der Waals surface area (Å²) >= 11 is 0. The number of pyridine rings is 1. The van der Waals surface area contributed by atoms with Gasteiger partial charge < -0.3 is 4.74 Å². The molecule has 4 aromatic rings. The van der Waals surface area contributed by atoms with Crippen LogP contribution in [-0.2, 0) is 0 Å². The van der Waals surface area contributed by atoms with Gasteiger partial charge in [0.05, 0.1) is 17.5 Å². The summed E-state index contributed by atoms with van der Waals surface area (Å²) in [7, 11) is 0. The molecule has 2 aromatic carbocycles. The standard InChI is InChI=1S/C21H19N3O2/c1-13(2)24-20-17(12-22-24)11-19(14(3)23-20)21(25)26-18-9-8-15-6-4-5-7-16(15)10-18/h4-13H,1-3H3. The molecule has 0 aliphatic carbocycles. The van der Waals surface area contributed by atoms with Crippen LogP contribution >= 0.6 is 0 Å². The predicted molar refractivity (Wildman–Crippen MR) is 102 cm³/mol. The second-order valence-corrected chi connectivity index (χ2v) is 6.62. The fourth-order valence-electron chi connectivity index (χ4n) is 3.04. The van der Waals surface area contributed by atoms with Crippen molar-refractivity contribution in [2.75, 3.05) is 0 Å².